The van der Waals surface area contributed by atoms with Gasteiger partial charge < -0.3 is 4.74 Å². The molecule has 0 saturated carbocycles. The van der Waals surface area contributed by atoms with E-state index < -0.39 is 22.1 Å². The van der Waals surface area contributed by atoms with Gasteiger partial charge in [-0.05, 0) is 12.1 Å². The van der Waals surface area contributed by atoms with E-state index in [1.807, 2.05) is 0 Å². The number of hydrogen-bond donors (Lipinski definition) is 1. The molecule has 0 aromatic heterocycles. The van der Waals surface area contributed by atoms with Crippen LogP contribution in [0.25, 0.3) is 0 Å². The van der Waals surface area contributed by atoms with Crippen LogP contribution in [-0.4, -0.2) is 32.4 Å². The lowest BCUT2D eigenvalue weighted by molar-refractivity contribution is -0.00263. The van der Waals surface area contributed by atoms with Gasteiger partial charge in [-0.2, -0.15) is 12.7 Å². The molecule has 5 nitrogen and oxygen atoms in total. The third kappa shape index (κ3) is 3.36. The van der Waals surface area contributed by atoms with Crippen LogP contribution in [0.5, 0.6) is 0 Å². The van der Waals surface area contributed by atoms with Crippen molar-refractivity contribution in [2.24, 2.45) is 5.14 Å². The lowest BCUT2D eigenvalue weighted by Crippen LogP contribution is -2.45. The molecule has 19 heavy (non-hydrogen) atoms. The lowest BCUT2D eigenvalue weighted by atomic mass is 10.1. The molecule has 1 aliphatic rings. The summed E-state index contributed by atoms with van der Waals surface area (Å²) < 4.78 is 42.5. The Morgan fingerprint density at radius 2 is 2.05 bits per heavy atom. The molecule has 0 amide bonds. The summed E-state index contributed by atoms with van der Waals surface area (Å²) in [4.78, 5) is 0. The maximum Gasteiger partial charge on any atom is 0.277 e. The van der Waals surface area contributed by atoms with E-state index in [9.17, 15) is 12.8 Å². The van der Waals surface area contributed by atoms with Gasteiger partial charge in [0.2, 0.25) is 0 Å². The number of rotatable bonds is 2. The summed E-state index contributed by atoms with van der Waals surface area (Å²) in [6.07, 6.45) is -0.675. The molecule has 1 aliphatic heterocycles. The van der Waals surface area contributed by atoms with Crippen LogP contribution in [0.4, 0.5) is 4.39 Å². The van der Waals surface area contributed by atoms with Crippen molar-refractivity contribution in [3.8, 4) is 0 Å². The number of hydrogen-bond acceptors (Lipinski definition) is 3. The summed E-state index contributed by atoms with van der Waals surface area (Å²) in [5, 5.41) is 5.17. The van der Waals surface area contributed by atoms with Gasteiger partial charge in [-0.3, -0.25) is 0 Å². The number of morpholine rings is 1. The summed E-state index contributed by atoms with van der Waals surface area (Å²) in [5.74, 6) is -0.641. The number of nitrogens with zero attached hydrogens (tertiary/aromatic N) is 1. The molecule has 1 heterocycles. The van der Waals surface area contributed by atoms with Crippen LogP contribution in [0.2, 0.25) is 10.0 Å². The van der Waals surface area contributed by atoms with Crippen LogP contribution >= 0.6 is 23.2 Å². The third-order valence-corrected chi connectivity index (χ3v) is 4.44. The standard InChI is InChI=1S/C10H11Cl2FN2O3S/c11-7-4-8(12)9(13)3-6(7)10-5-15(1-2-18-10)19(14,16)17/h3-4,10H,1-2,5H2,(H2,14,16,17). The van der Waals surface area contributed by atoms with Crippen molar-refractivity contribution < 1.29 is 17.5 Å². The Hall–Kier alpha value is -0.440. The summed E-state index contributed by atoms with van der Waals surface area (Å²) in [6, 6.07) is 2.40. The van der Waals surface area contributed by atoms with Crippen LogP contribution < -0.4 is 5.14 Å². The minimum absolute atomic E-state index is 0.0143. The zero-order valence-electron chi connectivity index (χ0n) is 9.64. The van der Waals surface area contributed by atoms with Gasteiger partial charge in [-0.25, -0.2) is 9.53 Å². The first-order chi connectivity index (χ1) is 8.79. The van der Waals surface area contributed by atoms with E-state index in [1.54, 1.807) is 0 Å². The van der Waals surface area contributed by atoms with Gasteiger partial charge in [0.25, 0.3) is 10.2 Å². The van der Waals surface area contributed by atoms with Gasteiger partial charge >= 0.3 is 0 Å². The summed E-state index contributed by atoms with van der Waals surface area (Å²) >= 11 is 11.6. The first-order valence-electron chi connectivity index (χ1n) is 5.33. The maximum absolute atomic E-state index is 13.4. The summed E-state index contributed by atoms with van der Waals surface area (Å²) in [5.41, 5.74) is 0.344. The highest BCUT2D eigenvalue weighted by Crippen LogP contribution is 2.32. The fourth-order valence-electron chi connectivity index (χ4n) is 1.83. The second kappa shape index (κ2) is 5.51. The minimum Gasteiger partial charge on any atom is -0.371 e. The molecule has 1 aromatic carbocycles. The largest absolute Gasteiger partial charge is 0.371 e. The average Bonchev–Trinajstić information content (AvgIpc) is 2.33. The molecule has 1 fully saturated rings. The Bertz CT molecular complexity index is 597. The quantitative estimate of drug-likeness (QED) is 0.840. The topological polar surface area (TPSA) is 72.6 Å². The van der Waals surface area contributed by atoms with E-state index in [0.717, 1.165) is 10.4 Å². The van der Waals surface area contributed by atoms with Gasteiger partial charge in [-0.15, -0.1) is 0 Å². The van der Waals surface area contributed by atoms with Crippen LogP contribution in [0.1, 0.15) is 11.7 Å². The third-order valence-electron chi connectivity index (χ3n) is 2.78. The Balaban J connectivity index is 2.30. The predicted octanol–water partition coefficient (Wildman–Crippen LogP) is 1.71. The molecule has 0 spiro atoms. The number of halogens is 3. The second-order valence-electron chi connectivity index (χ2n) is 4.05. The Labute approximate surface area is 120 Å². The van der Waals surface area contributed by atoms with Gasteiger partial charge in [0.15, 0.2) is 0 Å². The molecule has 1 unspecified atom stereocenters. The molecule has 106 valence electrons. The molecule has 9 heteroatoms. The van der Waals surface area contributed by atoms with Crippen LogP contribution in [0, 0.1) is 5.82 Å². The molecule has 0 bridgehead atoms. The number of nitrogens with two attached hydrogens (primary N) is 1. The van der Waals surface area contributed by atoms with Crippen LogP contribution in [0.3, 0.4) is 0 Å². The molecule has 0 radical (unpaired) electrons. The monoisotopic (exact) mass is 328 g/mol. The van der Waals surface area contributed by atoms with E-state index in [1.165, 1.54) is 6.07 Å². The summed E-state index contributed by atoms with van der Waals surface area (Å²) in [6.45, 7) is 0.296. The molecule has 0 aliphatic carbocycles. The lowest BCUT2D eigenvalue weighted by Gasteiger charge is -2.31. The van der Waals surface area contributed by atoms with Gasteiger partial charge in [-0.1, -0.05) is 23.2 Å². The highest BCUT2D eigenvalue weighted by molar-refractivity contribution is 7.86. The van der Waals surface area contributed by atoms with Crippen molar-refractivity contribution in [3.63, 3.8) is 0 Å². The normalized spacial score (nSPS) is 21.6. The highest BCUT2D eigenvalue weighted by atomic mass is 35.5. The van der Waals surface area contributed by atoms with Gasteiger partial charge in [0.1, 0.15) is 5.82 Å². The smallest absolute Gasteiger partial charge is 0.277 e. The second-order valence-corrected chi connectivity index (χ2v) is 6.41. The SMILES string of the molecule is NS(=O)(=O)N1CCOC(c2cc(F)c(Cl)cc2Cl)C1. The molecule has 1 saturated heterocycles. The van der Waals surface area contributed by atoms with Crippen molar-refractivity contribution in [1.82, 2.24) is 4.31 Å². The van der Waals surface area contributed by atoms with Crippen molar-refractivity contribution in [2.45, 2.75) is 6.10 Å². The van der Waals surface area contributed by atoms with Crippen molar-refractivity contribution in [1.29, 1.82) is 0 Å². The van der Waals surface area contributed by atoms with E-state index in [-0.39, 0.29) is 29.7 Å². The van der Waals surface area contributed by atoms with E-state index in [2.05, 4.69) is 0 Å². The Kier molecular flexibility index (Phi) is 4.34. The maximum atomic E-state index is 13.4. The molecule has 1 atom stereocenters. The van der Waals surface area contributed by atoms with Crippen LogP contribution in [-0.2, 0) is 14.9 Å². The van der Waals surface area contributed by atoms with Gasteiger partial charge in [0.05, 0.1) is 17.7 Å². The molecular formula is C10H11Cl2FN2O3S. The first kappa shape index (κ1) is 15.0. The first-order valence-corrected chi connectivity index (χ1v) is 7.59. The predicted molar refractivity (Wildman–Crippen MR) is 69.8 cm³/mol. The zero-order chi connectivity index (χ0) is 14.2. The summed E-state index contributed by atoms with van der Waals surface area (Å²) in [7, 11) is -3.81. The number of benzene rings is 1. The molecule has 1 aromatic rings. The van der Waals surface area contributed by atoms with E-state index in [0.29, 0.717) is 5.56 Å². The van der Waals surface area contributed by atoms with Crippen molar-refractivity contribution in [2.75, 3.05) is 19.7 Å². The van der Waals surface area contributed by atoms with E-state index in [4.69, 9.17) is 33.1 Å². The fourth-order valence-corrected chi connectivity index (χ4v) is 3.01. The van der Waals surface area contributed by atoms with Crippen molar-refractivity contribution >= 4 is 33.4 Å². The molecular weight excluding hydrogens is 318 g/mol. The van der Waals surface area contributed by atoms with Gasteiger partial charge in [0, 0.05) is 23.7 Å². The fraction of sp³-hybridized carbons (Fsp3) is 0.400. The molecule has 2 rings (SSSR count). The Morgan fingerprint density at radius 1 is 1.37 bits per heavy atom. The zero-order valence-corrected chi connectivity index (χ0v) is 12.0. The highest BCUT2D eigenvalue weighted by Gasteiger charge is 2.29. The van der Waals surface area contributed by atoms with Crippen molar-refractivity contribution in [3.05, 3.63) is 33.6 Å². The number of ether oxygens (including phenoxy) is 1. The Morgan fingerprint density at radius 3 is 2.68 bits per heavy atom. The average molecular weight is 329 g/mol. The minimum atomic E-state index is -3.81. The molecule has 2 N–H and O–H groups in total. The van der Waals surface area contributed by atoms with Crippen LogP contribution in [0.15, 0.2) is 12.1 Å². The van der Waals surface area contributed by atoms with E-state index >= 15 is 0 Å².